The second-order valence-corrected chi connectivity index (χ2v) is 8.39. The molecule has 21 heteroatoms. The van der Waals surface area contributed by atoms with Gasteiger partial charge in [-0.25, -0.2) is 0 Å². The second kappa shape index (κ2) is 15.0. The van der Waals surface area contributed by atoms with Crippen LogP contribution in [0.3, 0.4) is 0 Å². The van der Waals surface area contributed by atoms with E-state index in [4.69, 9.17) is 18.9 Å². The van der Waals surface area contributed by atoms with Crippen molar-refractivity contribution in [3.8, 4) is 0 Å². The Morgan fingerprint density at radius 2 is 0.872 bits per heavy atom. The molecule has 0 spiro atoms. The summed E-state index contributed by atoms with van der Waals surface area (Å²) in [7, 11) is 0. The Balaban J connectivity index is 0.00000380. The number of aliphatic hydroxyl groups excluding tert-OH is 8. The molecule has 0 aromatic rings. The van der Waals surface area contributed by atoms with E-state index < -0.39 is 110 Å². The van der Waals surface area contributed by atoms with E-state index in [9.17, 15) is 70.6 Å². The monoisotopic (exact) mass is 606 g/mol. The van der Waals surface area contributed by atoms with E-state index in [-0.39, 0.29) is 67.3 Å². The van der Waals surface area contributed by atoms with Gasteiger partial charge >= 0.3 is 67.3 Å². The van der Waals surface area contributed by atoms with Crippen molar-refractivity contribution < 1.29 is 124 Å². The fourth-order valence-electron chi connectivity index (χ4n) is 3.95. The van der Waals surface area contributed by atoms with Crippen LogP contribution in [0.1, 0.15) is 0 Å². The van der Waals surface area contributed by atoms with Crippen molar-refractivity contribution in [3.63, 3.8) is 0 Å². The molecule has 8 N–H and O–H groups in total. The van der Waals surface area contributed by atoms with Crippen LogP contribution in [0.5, 0.6) is 0 Å². The molecule has 39 heavy (non-hydrogen) atoms. The third kappa shape index (κ3) is 7.76. The zero-order valence-corrected chi connectivity index (χ0v) is 24.1. The van der Waals surface area contributed by atoms with Crippen molar-refractivity contribution in [1.29, 1.82) is 0 Å². The number of hydrogen-bond donors (Lipinski definition) is 8. The van der Waals surface area contributed by atoms with E-state index >= 15 is 0 Å². The molecule has 3 aliphatic rings. The van der Waals surface area contributed by atoms with Crippen molar-refractivity contribution in [1.82, 2.24) is 0 Å². The van der Waals surface area contributed by atoms with Crippen LogP contribution in [0, 0.1) is 0 Å². The van der Waals surface area contributed by atoms with Crippen molar-refractivity contribution >= 4 is 55.6 Å². The summed E-state index contributed by atoms with van der Waals surface area (Å²) >= 11 is 0. The maximum Gasteiger partial charge on any atom is 2.00 e. The Kier molecular flexibility index (Phi) is 14.3. The van der Waals surface area contributed by atoms with Gasteiger partial charge in [-0.05, 0) is 0 Å². The molecule has 0 saturated carbocycles. The minimum atomic E-state index is -2.43. The summed E-state index contributed by atoms with van der Waals surface area (Å²) in [5.41, 5.74) is 0. The molecule has 3 rings (SSSR count). The summed E-state index contributed by atoms with van der Waals surface area (Å²) in [5, 5.41) is 114. The van der Waals surface area contributed by atoms with E-state index in [1.807, 2.05) is 0 Å². The number of carboxylic acid groups (broad SMARTS) is 3. The molecule has 212 valence electrons. The van der Waals surface area contributed by atoms with E-state index in [2.05, 4.69) is 4.74 Å². The van der Waals surface area contributed by atoms with E-state index in [0.29, 0.717) is 0 Å². The van der Waals surface area contributed by atoms with Gasteiger partial charge in [-0.15, -0.1) is 0 Å². The van der Waals surface area contributed by atoms with Gasteiger partial charge in [0.2, 0.25) is 0 Å². The molecule has 0 aliphatic carbocycles. The molecule has 15 atom stereocenters. The van der Waals surface area contributed by atoms with E-state index in [0.717, 1.165) is 0 Å². The standard InChI is InChI=1S/C18H26O19.Ca.Na/c19-1-2(20)10(13(26)27)36-17(6(1)24)35-9-4(22)7(25)18(37-12(9)15(30)31)34-8-3(21)5(23)16(32)33-11(8)14(28)29;;/h1-12,16-25,32H,(H,26,27)(H,28,29)(H,30,31);;/q;+2;+1/p-3/t1-,2-,3+,4+,5-,6-,7-,8-,9-,10-,11+,12+,16+,17+,18+;;/m1../s1. The molecule has 3 aliphatic heterocycles. The molecule has 0 amide bonds. The normalized spacial score (nSPS) is 46.3. The summed E-state index contributed by atoms with van der Waals surface area (Å²) in [6.07, 6.45) is -33.7. The Bertz CT molecular complexity index is 866. The van der Waals surface area contributed by atoms with Crippen LogP contribution in [0.4, 0.5) is 0 Å². The van der Waals surface area contributed by atoms with Crippen molar-refractivity contribution in [2.45, 2.75) is 92.1 Å². The summed E-state index contributed by atoms with van der Waals surface area (Å²) in [6, 6.07) is 0. The summed E-state index contributed by atoms with van der Waals surface area (Å²) in [5.74, 6) is -6.27. The Labute approximate surface area is 269 Å². The zero-order chi connectivity index (χ0) is 27.9. The van der Waals surface area contributed by atoms with Crippen LogP contribution in [-0.2, 0) is 38.1 Å². The van der Waals surface area contributed by atoms with Crippen LogP contribution in [0.2, 0.25) is 0 Å². The van der Waals surface area contributed by atoms with Crippen molar-refractivity contribution in [3.05, 3.63) is 0 Å². The Morgan fingerprint density at radius 1 is 0.513 bits per heavy atom. The molecule has 0 unspecified atom stereocenters. The van der Waals surface area contributed by atoms with Crippen molar-refractivity contribution in [2.75, 3.05) is 0 Å². The average molecular weight is 606 g/mol. The third-order valence-corrected chi connectivity index (χ3v) is 5.96. The van der Waals surface area contributed by atoms with Gasteiger partial charge in [0, 0.05) is 0 Å². The zero-order valence-electron chi connectivity index (χ0n) is 19.9. The number of hydrogen-bond acceptors (Lipinski definition) is 19. The van der Waals surface area contributed by atoms with Crippen molar-refractivity contribution in [2.24, 2.45) is 0 Å². The maximum absolute atomic E-state index is 11.7. The van der Waals surface area contributed by atoms with Crippen LogP contribution in [0.25, 0.3) is 0 Å². The molecular weight excluding hydrogens is 583 g/mol. The van der Waals surface area contributed by atoms with E-state index in [1.165, 1.54) is 0 Å². The predicted molar refractivity (Wildman–Crippen MR) is 101 cm³/mol. The third-order valence-electron chi connectivity index (χ3n) is 5.96. The SMILES string of the molecule is O=C([O-])[C@H]1O[C@H](O)[C@H](O)[C@H](O)[C@H]1O[C@H]1O[C@H](C(=O)[O-])[C@H](O[C@H]2O[C@@H](C(=O)[O-])[C@H](O)[C@@H](O)[C@H]2O)[C@@H](O)[C@H]1O.[Ca+2].[Na+]. The fourth-order valence-corrected chi connectivity index (χ4v) is 3.95. The Hall–Kier alpha value is 0.150. The molecular formula is C18H23CaNaO19. The van der Waals surface area contributed by atoms with E-state index in [1.54, 1.807) is 0 Å². The summed E-state index contributed by atoms with van der Waals surface area (Å²) in [4.78, 5) is 34.1. The van der Waals surface area contributed by atoms with Crippen LogP contribution < -0.4 is 44.9 Å². The largest absolute Gasteiger partial charge is 2.00 e. The van der Waals surface area contributed by atoms with Gasteiger partial charge in [-0.2, -0.15) is 0 Å². The van der Waals surface area contributed by atoms with Crippen LogP contribution >= 0.6 is 0 Å². The van der Waals surface area contributed by atoms with Gasteiger partial charge in [0.15, 0.2) is 18.9 Å². The number of aliphatic hydroxyl groups is 8. The number of carboxylic acids is 3. The second-order valence-electron chi connectivity index (χ2n) is 8.39. The molecule has 3 saturated heterocycles. The molecule has 3 fully saturated rings. The van der Waals surface area contributed by atoms with Gasteiger partial charge in [0.1, 0.15) is 73.2 Å². The fraction of sp³-hybridized carbons (Fsp3) is 0.833. The molecule has 0 aromatic heterocycles. The number of carbonyl (C=O) groups is 3. The summed E-state index contributed by atoms with van der Waals surface area (Å²) < 4.78 is 24.4. The maximum atomic E-state index is 11.7. The number of aliphatic carboxylic acids is 3. The molecule has 19 nitrogen and oxygen atoms in total. The molecule has 0 bridgehead atoms. The smallest absolute Gasteiger partial charge is 0.547 e. The quantitative estimate of drug-likeness (QED) is 0.125. The first-order valence-corrected chi connectivity index (χ1v) is 10.5. The predicted octanol–water partition coefficient (Wildman–Crippen LogP) is -14.7. The molecule has 0 aromatic carbocycles. The first-order chi connectivity index (χ1) is 17.2. The van der Waals surface area contributed by atoms with Crippen LogP contribution in [0.15, 0.2) is 0 Å². The van der Waals surface area contributed by atoms with Crippen LogP contribution in [-0.4, -0.2) is 189 Å². The number of carbonyl (C=O) groups excluding carboxylic acids is 3. The van der Waals surface area contributed by atoms with Gasteiger partial charge in [0.25, 0.3) is 0 Å². The summed E-state index contributed by atoms with van der Waals surface area (Å²) in [6.45, 7) is 0. The topological polar surface area (TPSA) is 328 Å². The number of ether oxygens (including phenoxy) is 5. The average Bonchev–Trinajstić information content (AvgIpc) is 2.82. The first kappa shape index (κ1) is 37.2. The minimum absolute atomic E-state index is 0. The number of rotatable bonds is 7. The minimum Gasteiger partial charge on any atom is -0.547 e. The van der Waals surface area contributed by atoms with Gasteiger partial charge < -0.3 is 94.2 Å². The van der Waals surface area contributed by atoms with Gasteiger partial charge in [-0.3, -0.25) is 0 Å². The molecule has 3 heterocycles. The molecule has 0 radical (unpaired) electrons. The first-order valence-electron chi connectivity index (χ1n) is 10.5. The van der Waals surface area contributed by atoms with Gasteiger partial charge in [-0.1, -0.05) is 0 Å². The Morgan fingerprint density at radius 3 is 1.31 bits per heavy atom. The van der Waals surface area contributed by atoms with Gasteiger partial charge in [0.05, 0.1) is 17.9 Å².